The number of carbonyl (C=O) groups excluding carboxylic acids is 1. The second-order valence-electron chi connectivity index (χ2n) is 2.53. The molecule has 2 N–H and O–H groups in total. The molecule has 0 aromatic heterocycles. The van der Waals surface area contributed by atoms with Crippen molar-refractivity contribution < 1.29 is 50.3 Å². The number of para-hydroxylation sites is 1. The van der Waals surface area contributed by atoms with Crippen LogP contribution in [0.2, 0.25) is 0 Å². The number of carboxylic acid groups (broad SMARTS) is 1. The number of anilines is 1. The predicted octanol–water partition coefficient (Wildman–Crippen LogP) is 1.27. The van der Waals surface area contributed by atoms with Crippen molar-refractivity contribution in [1.82, 2.24) is 0 Å². The van der Waals surface area contributed by atoms with Crippen LogP contribution in [-0.4, -0.2) is 17.0 Å². The van der Waals surface area contributed by atoms with Crippen LogP contribution in [0.25, 0.3) is 0 Å². The summed E-state index contributed by atoms with van der Waals surface area (Å²) in [4.78, 5) is 21.1. The zero-order chi connectivity index (χ0) is 10.4. The van der Waals surface area contributed by atoms with Gasteiger partial charge in [0.15, 0.2) is 0 Å². The first-order valence-corrected chi connectivity index (χ1v) is 3.95. The molecule has 0 aliphatic carbocycles. The summed E-state index contributed by atoms with van der Waals surface area (Å²) in [5.41, 5.74) is 0.632. The first kappa shape index (κ1) is 14.1. The Bertz CT molecular complexity index is 362. The normalized spacial score (nSPS) is 9.33. The van der Waals surface area contributed by atoms with Crippen molar-refractivity contribution in [3.63, 3.8) is 0 Å². The van der Waals surface area contributed by atoms with Crippen molar-refractivity contribution in [3.05, 3.63) is 42.5 Å². The van der Waals surface area contributed by atoms with E-state index in [1.165, 1.54) is 0 Å². The van der Waals surface area contributed by atoms with Gasteiger partial charge in [-0.1, -0.05) is 18.2 Å². The van der Waals surface area contributed by atoms with Gasteiger partial charge in [-0.2, -0.15) is 0 Å². The van der Waals surface area contributed by atoms with Gasteiger partial charge in [-0.3, -0.25) is 4.79 Å². The average molecular weight is 330 g/mol. The molecule has 1 aromatic carbocycles. The molecule has 0 spiro atoms. The van der Waals surface area contributed by atoms with E-state index < -0.39 is 11.9 Å². The summed E-state index contributed by atoms with van der Waals surface area (Å²) in [6, 6.07) is 8.80. The van der Waals surface area contributed by atoms with Crippen molar-refractivity contribution in [1.29, 1.82) is 0 Å². The second kappa shape index (κ2) is 7.39. The molecule has 0 unspecified atom stereocenters. The molecule has 75 valence electrons. The quantitative estimate of drug-likeness (QED) is 0.821. The fourth-order valence-electron chi connectivity index (χ4n) is 0.852. The fraction of sp³-hybridized carbons (Fsp3) is 0. The summed E-state index contributed by atoms with van der Waals surface area (Å²) < 4.78 is 0. The van der Waals surface area contributed by atoms with Crippen molar-refractivity contribution in [3.8, 4) is 0 Å². The van der Waals surface area contributed by atoms with Crippen molar-refractivity contribution in [2.75, 3.05) is 5.32 Å². The molecule has 0 aliphatic rings. The van der Waals surface area contributed by atoms with E-state index >= 15 is 0 Å². The van der Waals surface area contributed by atoms with Gasteiger partial charge in [0.05, 0.1) is 0 Å². The molecule has 5 heteroatoms. The molecule has 1 aromatic rings. The number of hydrogen-bond acceptors (Lipinski definition) is 2. The van der Waals surface area contributed by atoms with Crippen LogP contribution in [0.3, 0.4) is 0 Å². The van der Waals surface area contributed by atoms with E-state index in [1.807, 2.05) is 6.07 Å². The Kier molecular flexibility index (Phi) is 6.95. The molecule has 0 aliphatic heterocycles. The van der Waals surface area contributed by atoms with Crippen molar-refractivity contribution in [2.24, 2.45) is 0 Å². The molecule has 0 heterocycles. The molecule has 0 atom stereocenters. The van der Waals surface area contributed by atoms with Gasteiger partial charge in [-0.05, 0) is 12.1 Å². The molecule has 15 heavy (non-hydrogen) atoms. The molecule has 0 saturated heterocycles. The van der Waals surface area contributed by atoms with Crippen molar-refractivity contribution >= 4 is 17.6 Å². The summed E-state index contributed by atoms with van der Waals surface area (Å²) in [5.74, 6) is -1.60. The van der Waals surface area contributed by atoms with Gasteiger partial charge in [-0.15, -0.1) is 0 Å². The molecule has 0 bridgehead atoms. The van der Waals surface area contributed by atoms with E-state index in [1.54, 1.807) is 24.3 Å². The fourth-order valence-corrected chi connectivity index (χ4v) is 0.852. The van der Waals surface area contributed by atoms with Crippen LogP contribution in [0.15, 0.2) is 42.5 Å². The molecule has 4 nitrogen and oxygen atoms in total. The maximum atomic E-state index is 11.1. The van der Waals surface area contributed by atoms with Gasteiger partial charge in [-0.25, -0.2) is 4.79 Å². The first-order chi connectivity index (χ1) is 6.68. The van der Waals surface area contributed by atoms with Crippen LogP contribution in [0.5, 0.6) is 0 Å². The third-order valence-electron chi connectivity index (χ3n) is 1.42. The van der Waals surface area contributed by atoms with Crippen LogP contribution in [-0.2, 0) is 9.59 Å². The average Bonchev–Trinajstić information content (AvgIpc) is 2.16. The maximum Gasteiger partial charge on any atom is 0.328 e. The Morgan fingerprint density at radius 2 is 1.73 bits per heavy atom. The number of aliphatic carboxylic acids is 1. The van der Waals surface area contributed by atoms with E-state index in [2.05, 4.69) is 5.32 Å². The zero-order valence-electron chi connectivity index (χ0n) is 7.88. The third-order valence-corrected chi connectivity index (χ3v) is 1.42. The number of hydrogen-bond donors (Lipinski definition) is 2. The molecule has 1 amide bonds. The number of nitrogens with one attached hydrogen (secondary N) is 1. The van der Waals surface area contributed by atoms with E-state index in [9.17, 15) is 9.59 Å². The maximum absolute atomic E-state index is 11.1. The molecule has 1 radical (unpaired) electrons. The monoisotopic (exact) mass is 330 g/mol. The second-order valence-corrected chi connectivity index (χ2v) is 2.53. The summed E-state index contributed by atoms with van der Waals surface area (Å²) >= 11 is 0. The minimum Gasteiger partial charge on any atom is -0.478 e. The summed E-state index contributed by atoms with van der Waals surface area (Å²) in [5, 5.41) is 10.8. The molecular formula is C10H9LaNO3. The third kappa shape index (κ3) is 6.22. The van der Waals surface area contributed by atoms with Crippen LogP contribution in [0.1, 0.15) is 0 Å². The number of carbonyl (C=O) groups is 2. The minimum atomic E-state index is -1.15. The van der Waals surface area contributed by atoms with Gasteiger partial charge in [0.25, 0.3) is 0 Å². The van der Waals surface area contributed by atoms with E-state index in [-0.39, 0.29) is 35.6 Å². The van der Waals surface area contributed by atoms with Gasteiger partial charge in [0.1, 0.15) is 0 Å². The van der Waals surface area contributed by atoms with Crippen LogP contribution in [0, 0.1) is 35.6 Å². The van der Waals surface area contributed by atoms with Crippen molar-refractivity contribution in [2.45, 2.75) is 0 Å². The Morgan fingerprint density at radius 3 is 2.27 bits per heavy atom. The van der Waals surface area contributed by atoms with Crippen LogP contribution >= 0.6 is 0 Å². The number of rotatable bonds is 3. The Morgan fingerprint density at radius 1 is 1.13 bits per heavy atom. The molecular weight excluding hydrogens is 321 g/mol. The Balaban J connectivity index is 0.00000196. The van der Waals surface area contributed by atoms with E-state index in [4.69, 9.17) is 5.11 Å². The minimum absolute atomic E-state index is 0. The van der Waals surface area contributed by atoms with E-state index in [0.717, 1.165) is 12.2 Å². The Labute approximate surface area is 115 Å². The number of amides is 1. The van der Waals surface area contributed by atoms with Gasteiger partial charge in [0.2, 0.25) is 5.91 Å². The Hall–Kier alpha value is -0.905. The van der Waals surface area contributed by atoms with Crippen LogP contribution in [0.4, 0.5) is 5.69 Å². The largest absolute Gasteiger partial charge is 0.478 e. The topological polar surface area (TPSA) is 66.4 Å². The number of carboxylic acids is 1. The van der Waals surface area contributed by atoms with Gasteiger partial charge < -0.3 is 10.4 Å². The summed E-state index contributed by atoms with van der Waals surface area (Å²) in [6.45, 7) is 0. The van der Waals surface area contributed by atoms with E-state index in [0.29, 0.717) is 5.69 Å². The van der Waals surface area contributed by atoms with Gasteiger partial charge >= 0.3 is 5.97 Å². The SMILES string of the molecule is O=C(O)/C=C\C(=O)Nc1ccccc1.[La]. The summed E-state index contributed by atoms with van der Waals surface area (Å²) in [7, 11) is 0. The number of benzene rings is 1. The summed E-state index contributed by atoms with van der Waals surface area (Å²) in [6.07, 6.45) is 1.76. The van der Waals surface area contributed by atoms with Gasteiger partial charge in [0, 0.05) is 53.4 Å². The predicted molar refractivity (Wildman–Crippen MR) is 51.8 cm³/mol. The van der Waals surface area contributed by atoms with Crippen LogP contribution < -0.4 is 5.32 Å². The molecule has 0 fully saturated rings. The first-order valence-electron chi connectivity index (χ1n) is 3.95. The zero-order valence-corrected chi connectivity index (χ0v) is 11.5. The smallest absolute Gasteiger partial charge is 0.328 e. The standard InChI is InChI=1S/C10H9NO3.La/c12-9(6-7-10(13)14)11-8-4-2-1-3-5-8;/h1-7H,(H,11,12)(H,13,14);/b7-6-;. The molecule has 1 rings (SSSR count). The molecule has 0 saturated carbocycles.